The van der Waals surface area contributed by atoms with Crippen LogP contribution in [0.4, 0.5) is 0 Å². The van der Waals surface area contributed by atoms with Crippen molar-refractivity contribution in [2.75, 3.05) is 7.11 Å². The lowest BCUT2D eigenvalue weighted by molar-refractivity contribution is 0.0991. The van der Waals surface area contributed by atoms with Gasteiger partial charge in [-0.1, -0.05) is 22.0 Å². The summed E-state index contributed by atoms with van der Waals surface area (Å²) in [5, 5.41) is 0. The monoisotopic (exact) mass is 320 g/mol. The van der Waals surface area contributed by atoms with Crippen LogP contribution in [0.25, 0.3) is 0 Å². The predicted molar refractivity (Wildman–Crippen MR) is 75.5 cm³/mol. The normalized spacial score (nSPS) is 10.3. The summed E-state index contributed by atoms with van der Waals surface area (Å²) in [6, 6.07) is 7.33. The number of nitrogens with zero attached hydrogens (tertiary/aromatic N) is 2. The first-order chi connectivity index (χ1) is 9.10. The molecule has 1 aromatic carbocycles. The van der Waals surface area contributed by atoms with Gasteiger partial charge in [0.2, 0.25) is 5.88 Å². The lowest BCUT2D eigenvalue weighted by atomic mass is 10.1. The van der Waals surface area contributed by atoms with Gasteiger partial charge in [-0.2, -0.15) is 0 Å². The van der Waals surface area contributed by atoms with Crippen molar-refractivity contribution in [1.82, 2.24) is 9.97 Å². The Morgan fingerprint density at radius 3 is 2.79 bits per heavy atom. The van der Waals surface area contributed by atoms with Crippen LogP contribution in [0, 0.1) is 6.92 Å². The molecule has 19 heavy (non-hydrogen) atoms. The highest BCUT2D eigenvalue weighted by molar-refractivity contribution is 9.10. The van der Waals surface area contributed by atoms with E-state index in [2.05, 4.69) is 25.9 Å². The summed E-state index contributed by atoms with van der Waals surface area (Å²) in [4.78, 5) is 20.2. The summed E-state index contributed by atoms with van der Waals surface area (Å²) in [7, 11) is 1.53. The Morgan fingerprint density at radius 1 is 1.32 bits per heavy atom. The summed E-state index contributed by atoms with van der Waals surface area (Å²) < 4.78 is 5.81. The van der Waals surface area contributed by atoms with E-state index < -0.39 is 0 Å². The topological polar surface area (TPSA) is 52.1 Å². The van der Waals surface area contributed by atoms with Crippen molar-refractivity contribution in [2.24, 2.45) is 0 Å². The predicted octanol–water partition coefficient (Wildman–Crippen LogP) is 2.98. The summed E-state index contributed by atoms with van der Waals surface area (Å²) in [5.41, 5.74) is 2.40. The molecule has 0 atom stereocenters. The van der Waals surface area contributed by atoms with Gasteiger partial charge in [-0.3, -0.25) is 4.79 Å². The van der Waals surface area contributed by atoms with Gasteiger partial charge in [-0.25, -0.2) is 9.97 Å². The Kier molecular flexibility index (Phi) is 4.27. The Hall–Kier alpha value is -1.75. The maximum atomic E-state index is 12.2. The van der Waals surface area contributed by atoms with E-state index in [1.54, 1.807) is 6.07 Å². The van der Waals surface area contributed by atoms with Crippen LogP contribution in [0.1, 0.15) is 21.6 Å². The van der Waals surface area contributed by atoms with Crippen molar-refractivity contribution in [3.63, 3.8) is 0 Å². The van der Waals surface area contributed by atoms with Crippen LogP contribution < -0.4 is 4.74 Å². The smallest absolute Gasteiger partial charge is 0.216 e. The van der Waals surface area contributed by atoms with Gasteiger partial charge < -0.3 is 4.74 Å². The van der Waals surface area contributed by atoms with E-state index in [9.17, 15) is 4.79 Å². The van der Waals surface area contributed by atoms with Gasteiger partial charge in [0.05, 0.1) is 19.2 Å². The zero-order valence-electron chi connectivity index (χ0n) is 10.7. The second-order valence-electron chi connectivity index (χ2n) is 4.13. The molecule has 2 aromatic rings. The second kappa shape index (κ2) is 5.93. The first-order valence-corrected chi connectivity index (χ1v) is 6.53. The number of Topliss-reactive ketones (excluding diaryl/α,β-unsaturated/α-hetero) is 1. The van der Waals surface area contributed by atoms with E-state index in [4.69, 9.17) is 4.74 Å². The first kappa shape index (κ1) is 13.7. The molecule has 1 heterocycles. The molecule has 0 aliphatic carbocycles. The molecule has 0 amide bonds. The van der Waals surface area contributed by atoms with Crippen molar-refractivity contribution < 1.29 is 9.53 Å². The van der Waals surface area contributed by atoms with E-state index in [1.165, 1.54) is 13.4 Å². The molecule has 0 fully saturated rings. The number of benzene rings is 1. The third-order valence-electron chi connectivity index (χ3n) is 2.67. The molecule has 5 heteroatoms. The number of hydrogen-bond acceptors (Lipinski definition) is 4. The number of rotatable bonds is 4. The molecule has 0 saturated heterocycles. The number of ketones is 1. The minimum Gasteiger partial charge on any atom is -0.481 e. The fourth-order valence-corrected chi connectivity index (χ4v) is 2.41. The third kappa shape index (κ3) is 3.38. The first-order valence-electron chi connectivity index (χ1n) is 5.74. The fourth-order valence-electron chi connectivity index (χ4n) is 1.69. The molecule has 0 aliphatic rings. The fraction of sp³-hybridized carbons (Fsp3) is 0.214. The van der Waals surface area contributed by atoms with Gasteiger partial charge in [0.25, 0.3) is 0 Å². The van der Waals surface area contributed by atoms with Gasteiger partial charge in [0, 0.05) is 16.1 Å². The third-order valence-corrected chi connectivity index (χ3v) is 3.33. The lowest BCUT2D eigenvalue weighted by Gasteiger charge is -2.05. The van der Waals surface area contributed by atoms with Crippen LogP contribution in [0.5, 0.6) is 5.88 Å². The molecule has 4 nitrogen and oxygen atoms in total. The lowest BCUT2D eigenvalue weighted by Crippen LogP contribution is -2.06. The summed E-state index contributed by atoms with van der Waals surface area (Å²) in [5.74, 6) is 0.466. The highest BCUT2D eigenvalue weighted by Crippen LogP contribution is 2.20. The average Bonchev–Trinajstić information content (AvgIpc) is 2.38. The maximum absolute atomic E-state index is 12.2. The number of carbonyl (C=O) groups excluding carboxylic acids is 1. The average molecular weight is 321 g/mol. The zero-order valence-corrected chi connectivity index (χ0v) is 12.3. The van der Waals surface area contributed by atoms with Crippen molar-refractivity contribution in [3.8, 4) is 5.88 Å². The molecular formula is C14H13BrN2O2. The summed E-state index contributed by atoms with van der Waals surface area (Å²) >= 11 is 3.41. The number of aromatic nitrogens is 2. The Morgan fingerprint density at radius 2 is 2.11 bits per heavy atom. The number of carbonyl (C=O) groups is 1. The maximum Gasteiger partial charge on any atom is 0.216 e. The molecule has 0 N–H and O–H groups in total. The second-order valence-corrected chi connectivity index (χ2v) is 4.99. The molecule has 0 radical (unpaired) electrons. The Labute approximate surface area is 120 Å². The highest BCUT2D eigenvalue weighted by Gasteiger charge is 2.12. The van der Waals surface area contributed by atoms with E-state index >= 15 is 0 Å². The molecule has 0 bridgehead atoms. The van der Waals surface area contributed by atoms with Crippen LogP contribution in [-0.2, 0) is 6.42 Å². The van der Waals surface area contributed by atoms with Crippen LogP contribution in [-0.4, -0.2) is 22.9 Å². The van der Waals surface area contributed by atoms with Gasteiger partial charge in [0.15, 0.2) is 5.78 Å². The van der Waals surface area contributed by atoms with Crippen LogP contribution in [0.2, 0.25) is 0 Å². The quantitative estimate of drug-likeness (QED) is 0.813. The highest BCUT2D eigenvalue weighted by atomic mass is 79.9. The van der Waals surface area contributed by atoms with E-state index in [1.807, 2.05) is 25.1 Å². The minimum atomic E-state index is 0.00706. The summed E-state index contributed by atoms with van der Waals surface area (Å²) in [6.07, 6.45) is 1.62. The van der Waals surface area contributed by atoms with Gasteiger partial charge in [0.1, 0.15) is 6.33 Å². The number of ether oxygens (including phenoxy) is 1. The Balaban J connectivity index is 2.20. The van der Waals surface area contributed by atoms with Crippen LogP contribution in [0.15, 0.2) is 35.1 Å². The zero-order chi connectivity index (χ0) is 13.8. The number of aryl methyl sites for hydroxylation is 1. The number of hydrogen-bond donors (Lipinski definition) is 0. The summed E-state index contributed by atoms with van der Waals surface area (Å²) in [6.45, 7) is 1.98. The minimum absolute atomic E-state index is 0.00706. The number of halogens is 1. The van der Waals surface area contributed by atoms with Crippen LogP contribution >= 0.6 is 15.9 Å². The molecule has 98 valence electrons. The van der Waals surface area contributed by atoms with E-state index in [0.29, 0.717) is 17.1 Å². The molecule has 0 aliphatic heterocycles. The molecule has 2 rings (SSSR count). The van der Waals surface area contributed by atoms with Crippen molar-refractivity contribution in [3.05, 3.63) is 51.9 Å². The molecule has 0 saturated carbocycles. The van der Waals surface area contributed by atoms with Crippen molar-refractivity contribution in [2.45, 2.75) is 13.3 Å². The molecule has 1 aromatic heterocycles. The molecule has 0 spiro atoms. The van der Waals surface area contributed by atoms with Crippen LogP contribution in [0.3, 0.4) is 0 Å². The van der Waals surface area contributed by atoms with Gasteiger partial charge >= 0.3 is 0 Å². The molecule has 0 unspecified atom stereocenters. The van der Waals surface area contributed by atoms with E-state index in [-0.39, 0.29) is 12.2 Å². The SMILES string of the molecule is COc1cc(CC(=O)c2ccc(C)cc2Br)ncn1. The number of methoxy groups -OCH3 is 1. The van der Waals surface area contributed by atoms with Gasteiger partial charge in [-0.05, 0) is 24.6 Å². The van der Waals surface area contributed by atoms with Gasteiger partial charge in [-0.15, -0.1) is 0 Å². The van der Waals surface area contributed by atoms with E-state index in [0.717, 1.165) is 10.0 Å². The van der Waals surface area contributed by atoms with Crippen molar-refractivity contribution in [1.29, 1.82) is 0 Å². The van der Waals surface area contributed by atoms with Crippen molar-refractivity contribution >= 4 is 21.7 Å². The largest absolute Gasteiger partial charge is 0.481 e. The Bertz CT molecular complexity index is 614. The molecular weight excluding hydrogens is 308 g/mol. The standard InChI is InChI=1S/C14H13BrN2O2/c1-9-3-4-11(12(15)5-9)13(18)6-10-7-14(19-2)17-8-16-10/h3-5,7-8H,6H2,1-2H3.